The van der Waals surface area contributed by atoms with Crippen molar-refractivity contribution in [3.05, 3.63) is 15.6 Å². The van der Waals surface area contributed by atoms with Crippen molar-refractivity contribution in [3.8, 4) is 0 Å². The van der Waals surface area contributed by atoms with E-state index in [1.54, 1.807) is 11.3 Å². The molecule has 0 aromatic carbocycles. The van der Waals surface area contributed by atoms with Crippen LogP contribution in [-0.2, 0) is 6.54 Å². The standard InChI is InChI=1S/C17H29N5S.HI/c1-11-16(23-12(2)20-11)10-19-17(18-3)21-13-8-14-6-5-7-15(9-13)22(14)4;/h13-15H,5-10H2,1-4H3,(H2,18,19,21);1H. The molecule has 2 unspecified atom stereocenters. The molecular weight excluding hydrogens is 433 g/mol. The van der Waals surface area contributed by atoms with E-state index in [0.717, 1.165) is 35.3 Å². The van der Waals surface area contributed by atoms with Crippen LogP contribution in [0.4, 0.5) is 0 Å². The van der Waals surface area contributed by atoms with E-state index in [1.165, 1.54) is 37.0 Å². The first kappa shape index (κ1) is 19.9. The van der Waals surface area contributed by atoms with E-state index in [0.29, 0.717) is 6.04 Å². The number of piperidine rings is 2. The summed E-state index contributed by atoms with van der Waals surface area (Å²) in [6.45, 7) is 4.94. The highest BCUT2D eigenvalue weighted by molar-refractivity contribution is 14.0. The van der Waals surface area contributed by atoms with Crippen molar-refractivity contribution in [2.75, 3.05) is 14.1 Å². The molecule has 0 saturated carbocycles. The van der Waals surface area contributed by atoms with Gasteiger partial charge >= 0.3 is 0 Å². The van der Waals surface area contributed by atoms with Crippen LogP contribution in [-0.4, -0.2) is 48.1 Å². The van der Waals surface area contributed by atoms with Gasteiger partial charge in [0.05, 0.1) is 17.2 Å². The Kier molecular flexibility index (Phi) is 7.30. The number of aliphatic imine (C=N–C) groups is 1. The fourth-order valence-electron chi connectivity index (χ4n) is 4.02. The first-order valence-corrected chi connectivity index (χ1v) is 9.50. The van der Waals surface area contributed by atoms with Gasteiger partial charge in [-0.1, -0.05) is 6.42 Å². The van der Waals surface area contributed by atoms with E-state index in [2.05, 4.69) is 46.4 Å². The van der Waals surface area contributed by atoms with Crippen LogP contribution in [0.1, 0.15) is 47.7 Å². The molecule has 7 heteroatoms. The van der Waals surface area contributed by atoms with Crippen LogP contribution in [0.5, 0.6) is 0 Å². The summed E-state index contributed by atoms with van der Waals surface area (Å²) in [5.41, 5.74) is 1.13. The van der Waals surface area contributed by atoms with Gasteiger partial charge in [-0.05, 0) is 46.6 Å². The number of fused-ring (bicyclic) bond motifs is 2. The maximum Gasteiger partial charge on any atom is 0.191 e. The Morgan fingerprint density at radius 1 is 1.29 bits per heavy atom. The number of thiazole rings is 1. The third-order valence-electron chi connectivity index (χ3n) is 5.32. The SMILES string of the molecule is CN=C(NCc1sc(C)nc1C)NC1CC2CCCC(C1)N2C.I. The molecule has 1 aromatic rings. The highest BCUT2D eigenvalue weighted by Gasteiger charge is 2.36. The molecule has 2 aliphatic heterocycles. The Balaban J connectivity index is 0.00000208. The number of halogens is 1. The van der Waals surface area contributed by atoms with Gasteiger partial charge in [0.15, 0.2) is 5.96 Å². The van der Waals surface area contributed by atoms with Crippen LogP contribution >= 0.6 is 35.3 Å². The predicted molar refractivity (Wildman–Crippen MR) is 113 cm³/mol. The molecule has 3 heterocycles. The van der Waals surface area contributed by atoms with Gasteiger partial charge in [-0.25, -0.2) is 4.98 Å². The van der Waals surface area contributed by atoms with Gasteiger partial charge in [0.2, 0.25) is 0 Å². The van der Waals surface area contributed by atoms with Crippen LogP contribution in [0.15, 0.2) is 4.99 Å². The number of hydrogen-bond acceptors (Lipinski definition) is 4. The number of nitrogens with zero attached hydrogens (tertiary/aromatic N) is 3. The molecule has 0 amide bonds. The molecule has 2 bridgehead atoms. The second kappa shape index (κ2) is 8.80. The topological polar surface area (TPSA) is 52.6 Å². The van der Waals surface area contributed by atoms with Crippen molar-refractivity contribution in [2.24, 2.45) is 4.99 Å². The molecule has 0 aliphatic carbocycles. The third kappa shape index (κ3) is 4.60. The summed E-state index contributed by atoms with van der Waals surface area (Å²) < 4.78 is 0. The number of aryl methyl sites for hydroxylation is 2. The summed E-state index contributed by atoms with van der Waals surface area (Å²) in [6.07, 6.45) is 6.54. The van der Waals surface area contributed by atoms with Crippen molar-refractivity contribution in [3.63, 3.8) is 0 Å². The van der Waals surface area contributed by atoms with E-state index >= 15 is 0 Å². The average Bonchev–Trinajstić information content (AvgIpc) is 2.82. The Labute approximate surface area is 166 Å². The molecule has 2 aliphatic rings. The number of rotatable bonds is 3. The number of aromatic nitrogens is 1. The number of hydrogen-bond donors (Lipinski definition) is 2. The monoisotopic (exact) mass is 463 g/mol. The lowest BCUT2D eigenvalue weighted by atomic mass is 9.82. The molecule has 5 nitrogen and oxygen atoms in total. The van der Waals surface area contributed by atoms with E-state index < -0.39 is 0 Å². The zero-order valence-electron chi connectivity index (χ0n) is 15.1. The smallest absolute Gasteiger partial charge is 0.191 e. The van der Waals surface area contributed by atoms with E-state index in [4.69, 9.17) is 0 Å². The zero-order chi connectivity index (χ0) is 16.4. The summed E-state index contributed by atoms with van der Waals surface area (Å²) in [4.78, 5) is 12.8. The largest absolute Gasteiger partial charge is 0.354 e. The minimum Gasteiger partial charge on any atom is -0.354 e. The van der Waals surface area contributed by atoms with E-state index in [9.17, 15) is 0 Å². The van der Waals surface area contributed by atoms with Crippen LogP contribution < -0.4 is 10.6 Å². The first-order valence-electron chi connectivity index (χ1n) is 8.69. The fourth-order valence-corrected chi connectivity index (χ4v) is 4.90. The van der Waals surface area contributed by atoms with Crippen LogP contribution in [0, 0.1) is 13.8 Å². The van der Waals surface area contributed by atoms with Crippen molar-refractivity contribution < 1.29 is 0 Å². The Morgan fingerprint density at radius 3 is 2.50 bits per heavy atom. The summed E-state index contributed by atoms with van der Waals surface area (Å²) in [6, 6.07) is 2.02. The highest BCUT2D eigenvalue weighted by Crippen LogP contribution is 2.32. The molecule has 136 valence electrons. The Morgan fingerprint density at radius 2 is 1.96 bits per heavy atom. The quantitative estimate of drug-likeness (QED) is 0.411. The van der Waals surface area contributed by atoms with Gasteiger partial charge in [0, 0.05) is 30.1 Å². The summed E-state index contributed by atoms with van der Waals surface area (Å²) in [5.74, 6) is 0.920. The van der Waals surface area contributed by atoms with E-state index in [1.807, 2.05) is 7.05 Å². The molecule has 2 fully saturated rings. The summed E-state index contributed by atoms with van der Waals surface area (Å²) >= 11 is 1.76. The van der Waals surface area contributed by atoms with Crippen LogP contribution in [0.2, 0.25) is 0 Å². The Hall–Kier alpha value is -0.410. The van der Waals surface area contributed by atoms with Gasteiger partial charge in [-0.2, -0.15) is 0 Å². The van der Waals surface area contributed by atoms with Gasteiger partial charge in [0.1, 0.15) is 0 Å². The molecule has 0 spiro atoms. The predicted octanol–water partition coefficient (Wildman–Crippen LogP) is 3.06. The number of nitrogens with one attached hydrogen (secondary N) is 2. The minimum absolute atomic E-state index is 0. The van der Waals surface area contributed by atoms with E-state index in [-0.39, 0.29) is 24.0 Å². The maximum atomic E-state index is 4.49. The van der Waals surface area contributed by atoms with Gasteiger partial charge in [-0.3, -0.25) is 4.99 Å². The molecule has 1 aromatic heterocycles. The van der Waals surface area contributed by atoms with Gasteiger partial charge < -0.3 is 15.5 Å². The normalized spacial score (nSPS) is 27.5. The fraction of sp³-hybridized carbons (Fsp3) is 0.765. The second-order valence-electron chi connectivity index (χ2n) is 6.88. The van der Waals surface area contributed by atoms with Crippen LogP contribution in [0.3, 0.4) is 0 Å². The summed E-state index contributed by atoms with van der Waals surface area (Å²) in [7, 11) is 4.16. The second-order valence-corrected chi connectivity index (χ2v) is 8.17. The molecular formula is C17H30IN5S. The Bertz CT molecular complexity index is 559. The molecule has 2 N–H and O–H groups in total. The lowest BCUT2D eigenvalue weighted by Crippen LogP contribution is -2.56. The lowest BCUT2D eigenvalue weighted by Gasteiger charge is -2.47. The van der Waals surface area contributed by atoms with Crippen molar-refractivity contribution >= 4 is 41.3 Å². The molecule has 3 rings (SSSR count). The molecule has 2 atom stereocenters. The van der Waals surface area contributed by atoms with Crippen molar-refractivity contribution in [2.45, 2.75) is 70.6 Å². The van der Waals surface area contributed by atoms with Gasteiger partial charge in [0.25, 0.3) is 0 Å². The van der Waals surface area contributed by atoms with Crippen molar-refractivity contribution in [1.29, 1.82) is 0 Å². The number of guanidine groups is 1. The molecule has 2 saturated heterocycles. The third-order valence-corrected chi connectivity index (χ3v) is 6.39. The molecule has 24 heavy (non-hydrogen) atoms. The average molecular weight is 463 g/mol. The zero-order valence-corrected chi connectivity index (χ0v) is 18.3. The van der Waals surface area contributed by atoms with Crippen LogP contribution in [0.25, 0.3) is 0 Å². The lowest BCUT2D eigenvalue weighted by molar-refractivity contribution is 0.0526. The summed E-state index contributed by atoms with van der Waals surface area (Å²) in [5, 5.41) is 8.24. The van der Waals surface area contributed by atoms with Crippen molar-refractivity contribution in [1.82, 2.24) is 20.5 Å². The minimum atomic E-state index is 0. The highest BCUT2D eigenvalue weighted by atomic mass is 127. The maximum absolute atomic E-state index is 4.49. The van der Waals surface area contributed by atoms with Gasteiger partial charge in [-0.15, -0.1) is 35.3 Å². The first-order chi connectivity index (χ1) is 11.1. The molecule has 0 radical (unpaired) electrons.